The van der Waals surface area contributed by atoms with Gasteiger partial charge in [0.1, 0.15) is 0 Å². The number of hydrogen-bond acceptors (Lipinski definition) is 4. The summed E-state index contributed by atoms with van der Waals surface area (Å²) in [6.07, 6.45) is 3.46. The molecule has 0 saturated heterocycles. The Bertz CT molecular complexity index is 787. The molecule has 1 N–H and O–H groups in total. The first-order valence-electron chi connectivity index (χ1n) is 6.22. The van der Waals surface area contributed by atoms with Crippen LogP contribution in [0.1, 0.15) is 5.56 Å². The van der Waals surface area contributed by atoms with Gasteiger partial charge in [-0.1, -0.05) is 34.1 Å². The SMILES string of the molecule is O=S1(=O)C=CC(NCc2ccc(Br)c3cccnc23)C1. The molecule has 2 aromatic rings. The first-order chi connectivity index (χ1) is 9.55. The maximum Gasteiger partial charge on any atom is 0.173 e. The summed E-state index contributed by atoms with van der Waals surface area (Å²) in [4.78, 5) is 4.41. The Hall–Kier alpha value is -1.24. The van der Waals surface area contributed by atoms with Gasteiger partial charge in [0.15, 0.2) is 9.84 Å². The molecule has 0 radical (unpaired) electrons. The predicted molar refractivity (Wildman–Crippen MR) is 83.0 cm³/mol. The van der Waals surface area contributed by atoms with Gasteiger partial charge >= 0.3 is 0 Å². The Morgan fingerprint density at radius 1 is 1.35 bits per heavy atom. The number of fused-ring (bicyclic) bond motifs is 1. The first-order valence-corrected chi connectivity index (χ1v) is 8.72. The zero-order valence-electron chi connectivity index (χ0n) is 10.6. The monoisotopic (exact) mass is 352 g/mol. The number of rotatable bonds is 3. The molecule has 1 aromatic carbocycles. The Morgan fingerprint density at radius 3 is 2.95 bits per heavy atom. The third-order valence-corrected chi connectivity index (χ3v) is 5.37. The highest BCUT2D eigenvalue weighted by atomic mass is 79.9. The lowest BCUT2D eigenvalue weighted by Crippen LogP contribution is -2.29. The molecule has 1 aliphatic rings. The minimum absolute atomic E-state index is 0.123. The summed E-state index contributed by atoms with van der Waals surface area (Å²) in [5.74, 6) is 0.134. The summed E-state index contributed by atoms with van der Waals surface area (Å²) in [6.45, 7) is 0.589. The largest absolute Gasteiger partial charge is 0.305 e. The summed E-state index contributed by atoms with van der Waals surface area (Å²) in [5, 5.41) is 5.58. The molecule has 1 aliphatic heterocycles. The molecule has 4 nitrogen and oxygen atoms in total. The van der Waals surface area contributed by atoms with Crippen LogP contribution in [0.15, 0.2) is 46.4 Å². The van der Waals surface area contributed by atoms with Crippen LogP contribution in [0.2, 0.25) is 0 Å². The lowest BCUT2D eigenvalue weighted by Gasteiger charge is -2.12. The van der Waals surface area contributed by atoms with Crippen molar-refractivity contribution in [2.24, 2.45) is 0 Å². The summed E-state index contributed by atoms with van der Waals surface area (Å²) < 4.78 is 23.7. The van der Waals surface area contributed by atoms with Gasteiger partial charge in [-0.3, -0.25) is 4.98 Å². The number of nitrogens with zero attached hydrogens (tertiary/aromatic N) is 1. The van der Waals surface area contributed by atoms with Gasteiger partial charge in [-0.05, 0) is 17.7 Å². The molecule has 104 valence electrons. The molecule has 20 heavy (non-hydrogen) atoms. The lowest BCUT2D eigenvalue weighted by atomic mass is 10.1. The number of hydrogen-bond donors (Lipinski definition) is 1. The predicted octanol–water partition coefficient (Wildman–Crippen LogP) is 2.40. The van der Waals surface area contributed by atoms with Gasteiger partial charge in [0.25, 0.3) is 0 Å². The molecule has 1 aromatic heterocycles. The molecule has 6 heteroatoms. The molecule has 0 aliphatic carbocycles. The quantitative estimate of drug-likeness (QED) is 0.921. The summed E-state index contributed by atoms with van der Waals surface area (Å²) in [5.41, 5.74) is 1.99. The van der Waals surface area contributed by atoms with E-state index in [1.165, 1.54) is 5.41 Å². The Labute approximate surface area is 126 Å². The van der Waals surface area contributed by atoms with Gasteiger partial charge in [-0.15, -0.1) is 0 Å². The van der Waals surface area contributed by atoms with Crippen LogP contribution in [-0.4, -0.2) is 25.2 Å². The molecule has 0 spiro atoms. The topological polar surface area (TPSA) is 59.1 Å². The van der Waals surface area contributed by atoms with Gasteiger partial charge < -0.3 is 5.32 Å². The van der Waals surface area contributed by atoms with Crippen LogP contribution in [0, 0.1) is 0 Å². The van der Waals surface area contributed by atoms with Crippen LogP contribution in [0.3, 0.4) is 0 Å². The van der Waals surface area contributed by atoms with Crippen molar-refractivity contribution in [1.82, 2.24) is 10.3 Å². The molecular weight excluding hydrogens is 340 g/mol. The van der Waals surface area contributed by atoms with Crippen LogP contribution in [-0.2, 0) is 16.4 Å². The Balaban J connectivity index is 1.82. The number of halogens is 1. The Morgan fingerprint density at radius 2 is 2.20 bits per heavy atom. The highest BCUT2D eigenvalue weighted by molar-refractivity contribution is 9.10. The van der Waals surface area contributed by atoms with E-state index >= 15 is 0 Å². The van der Waals surface area contributed by atoms with E-state index in [0.29, 0.717) is 6.54 Å². The average Bonchev–Trinajstić information content (AvgIpc) is 2.78. The fraction of sp³-hybridized carbons (Fsp3) is 0.214. The molecule has 0 amide bonds. The van der Waals surface area contributed by atoms with Crippen LogP contribution in [0.25, 0.3) is 10.9 Å². The second-order valence-electron chi connectivity index (χ2n) is 4.75. The van der Waals surface area contributed by atoms with E-state index in [1.807, 2.05) is 24.3 Å². The van der Waals surface area contributed by atoms with E-state index in [2.05, 4.69) is 26.2 Å². The normalized spacial score (nSPS) is 20.6. The minimum atomic E-state index is -3.02. The van der Waals surface area contributed by atoms with Gasteiger partial charge in [0.05, 0.1) is 11.3 Å². The maximum absolute atomic E-state index is 11.4. The van der Waals surface area contributed by atoms with Crippen molar-refractivity contribution < 1.29 is 8.42 Å². The van der Waals surface area contributed by atoms with E-state index in [9.17, 15) is 8.42 Å². The van der Waals surface area contributed by atoms with Crippen molar-refractivity contribution in [2.75, 3.05) is 5.75 Å². The van der Waals surface area contributed by atoms with Crippen molar-refractivity contribution in [3.05, 3.63) is 52.0 Å². The van der Waals surface area contributed by atoms with E-state index in [0.717, 1.165) is 20.9 Å². The van der Waals surface area contributed by atoms with Crippen molar-refractivity contribution >= 4 is 36.7 Å². The average molecular weight is 353 g/mol. The van der Waals surface area contributed by atoms with E-state index in [1.54, 1.807) is 12.3 Å². The molecule has 3 rings (SSSR count). The molecule has 1 atom stereocenters. The Kier molecular flexibility index (Phi) is 3.62. The van der Waals surface area contributed by atoms with Gasteiger partial charge in [0.2, 0.25) is 0 Å². The van der Waals surface area contributed by atoms with Gasteiger partial charge in [-0.2, -0.15) is 0 Å². The van der Waals surface area contributed by atoms with Gasteiger partial charge in [0, 0.05) is 34.1 Å². The third-order valence-electron chi connectivity index (χ3n) is 3.28. The lowest BCUT2D eigenvalue weighted by molar-refractivity contribution is 0.591. The second kappa shape index (κ2) is 5.27. The summed E-state index contributed by atoms with van der Waals surface area (Å²) >= 11 is 3.51. The molecular formula is C14H13BrN2O2S. The number of sulfone groups is 1. The molecule has 0 bridgehead atoms. The fourth-order valence-electron chi connectivity index (χ4n) is 2.28. The molecule has 0 fully saturated rings. The fourth-order valence-corrected chi connectivity index (χ4v) is 4.00. The van der Waals surface area contributed by atoms with Crippen molar-refractivity contribution in [3.8, 4) is 0 Å². The first kappa shape index (κ1) is 13.7. The third kappa shape index (κ3) is 2.77. The van der Waals surface area contributed by atoms with Crippen molar-refractivity contribution in [1.29, 1.82) is 0 Å². The van der Waals surface area contributed by atoms with Crippen LogP contribution < -0.4 is 5.32 Å². The number of pyridine rings is 1. The second-order valence-corrected chi connectivity index (χ2v) is 7.54. The standard InChI is InChI=1S/C14H13BrN2O2S/c15-13-4-3-10(14-12(13)2-1-6-16-14)8-17-11-5-7-20(18,19)9-11/h1-7,11,17H,8-9H2. The van der Waals surface area contributed by atoms with Crippen LogP contribution in [0.4, 0.5) is 0 Å². The number of nitrogens with one attached hydrogen (secondary N) is 1. The zero-order valence-corrected chi connectivity index (χ0v) is 13.0. The van der Waals surface area contributed by atoms with Crippen LogP contribution in [0.5, 0.6) is 0 Å². The summed E-state index contributed by atoms with van der Waals surface area (Å²) in [7, 11) is -3.02. The zero-order chi connectivity index (χ0) is 14.2. The highest BCUT2D eigenvalue weighted by Gasteiger charge is 2.21. The van der Waals surface area contributed by atoms with Gasteiger partial charge in [-0.25, -0.2) is 8.42 Å². The van der Waals surface area contributed by atoms with Crippen molar-refractivity contribution in [2.45, 2.75) is 12.6 Å². The molecule has 0 saturated carbocycles. The summed E-state index contributed by atoms with van der Waals surface area (Å²) in [6, 6.07) is 7.77. The van der Waals surface area contributed by atoms with Crippen molar-refractivity contribution in [3.63, 3.8) is 0 Å². The number of aromatic nitrogens is 1. The van der Waals surface area contributed by atoms with E-state index in [4.69, 9.17) is 0 Å². The van der Waals surface area contributed by atoms with Crippen LogP contribution >= 0.6 is 15.9 Å². The van der Waals surface area contributed by atoms with E-state index < -0.39 is 9.84 Å². The maximum atomic E-state index is 11.4. The highest BCUT2D eigenvalue weighted by Crippen LogP contribution is 2.25. The van der Waals surface area contributed by atoms with E-state index in [-0.39, 0.29) is 11.8 Å². The molecule has 2 heterocycles. The smallest absolute Gasteiger partial charge is 0.173 e. The minimum Gasteiger partial charge on any atom is -0.305 e. The molecule has 1 unspecified atom stereocenters. The number of benzene rings is 1.